The molecule has 0 N–H and O–H groups in total. The lowest BCUT2D eigenvalue weighted by molar-refractivity contribution is -0.384. The van der Waals surface area contributed by atoms with Crippen LogP contribution in [0.1, 0.15) is 11.1 Å². The number of amides is 2. The highest BCUT2D eigenvalue weighted by molar-refractivity contribution is 6.31. The second-order valence-electron chi connectivity index (χ2n) is 8.95. The maximum absolute atomic E-state index is 13.7. The predicted molar refractivity (Wildman–Crippen MR) is 133 cm³/mol. The Morgan fingerprint density at radius 2 is 1.31 bits per heavy atom. The van der Waals surface area contributed by atoms with Gasteiger partial charge in [-0.05, 0) is 34.4 Å². The molecule has 4 atom stereocenters. The first-order chi connectivity index (χ1) is 17.0. The van der Waals surface area contributed by atoms with Gasteiger partial charge in [0.05, 0.1) is 16.8 Å². The fraction of sp³-hybridized carbons (Fsp3) is 0.143. The Kier molecular flexibility index (Phi) is 4.93. The molecule has 2 amide bonds. The normalized spacial score (nSPS) is 24.3. The Morgan fingerprint density at radius 1 is 0.800 bits per heavy atom. The number of carbonyl (C=O) groups is 2. The number of imide groups is 1. The molecule has 3 aliphatic rings. The Bertz CT molecular complexity index is 1370. The molecular weight excluding hydrogens is 464 g/mol. The topological polar surface area (TPSA) is 80.5 Å². The minimum absolute atomic E-state index is 0.0277. The molecule has 0 radical (unpaired) electrons. The van der Waals surface area contributed by atoms with E-state index in [1.165, 1.54) is 18.2 Å². The van der Waals surface area contributed by atoms with Crippen molar-refractivity contribution >= 4 is 40.4 Å². The molecule has 2 aliphatic carbocycles. The second-order valence-corrected chi connectivity index (χ2v) is 9.39. The van der Waals surface area contributed by atoms with E-state index in [0.717, 1.165) is 27.2 Å². The Labute approximate surface area is 206 Å². The second kappa shape index (κ2) is 8.03. The van der Waals surface area contributed by atoms with Gasteiger partial charge < -0.3 is 0 Å². The third-order valence-electron chi connectivity index (χ3n) is 7.20. The zero-order valence-corrected chi connectivity index (χ0v) is 19.1. The van der Waals surface area contributed by atoms with Crippen molar-refractivity contribution in [3.05, 3.63) is 123 Å². The summed E-state index contributed by atoms with van der Waals surface area (Å²) in [5.74, 6) is -2.50. The van der Waals surface area contributed by atoms with Gasteiger partial charge >= 0.3 is 0 Å². The van der Waals surface area contributed by atoms with Crippen LogP contribution in [-0.4, -0.2) is 16.7 Å². The van der Waals surface area contributed by atoms with Crippen molar-refractivity contribution in [2.75, 3.05) is 4.90 Å². The van der Waals surface area contributed by atoms with Gasteiger partial charge in [-0.15, -0.1) is 0 Å². The lowest BCUT2D eigenvalue weighted by Gasteiger charge is -2.21. The fourth-order valence-electron chi connectivity index (χ4n) is 5.88. The average molecular weight is 483 g/mol. The first kappa shape index (κ1) is 21.5. The van der Waals surface area contributed by atoms with E-state index in [1.807, 2.05) is 72.8 Å². The predicted octanol–water partition coefficient (Wildman–Crippen LogP) is 5.67. The fourth-order valence-corrected chi connectivity index (χ4v) is 6.04. The number of hydrogen-bond donors (Lipinski definition) is 0. The highest BCUT2D eigenvalue weighted by Crippen LogP contribution is 2.59. The summed E-state index contributed by atoms with van der Waals surface area (Å²) in [5.41, 5.74) is 3.76. The molecule has 1 heterocycles. The van der Waals surface area contributed by atoms with E-state index in [4.69, 9.17) is 11.6 Å². The van der Waals surface area contributed by atoms with Gasteiger partial charge in [0.1, 0.15) is 5.69 Å². The third kappa shape index (κ3) is 3.17. The number of hydrogen-bond acceptors (Lipinski definition) is 4. The summed E-state index contributed by atoms with van der Waals surface area (Å²) in [5, 5.41) is 11.8. The zero-order valence-electron chi connectivity index (χ0n) is 18.4. The summed E-state index contributed by atoms with van der Waals surface area (Å²) in [6, 6.07) is 24.0. The molecule has 1 aliphatic heterocycles. The number of halogens is 1. The van der Waals surface area contributed by atoms with E-state index in [0.29, 0.717) is 0 Å². The van der Waals surface area contributed by atoms with Crippen molar-refractivity contribution in [3.63, 3.8) is 0 Å². The number of anilines is 1. The number of rotatable bonds is 4. The van der Waals surface area contributed by atoms with Gasteiger partial charge in [-0.2, -0.15) is 0 Å². The van der Waals surface area contributed by atoms with E-state index >= 15 is 0 Å². The van der Waals surface area contributed by atoms with Crippen LogP contribution >= 0.6 is 11.6 Å². The van der Waals surface area contributed by atoms with Crippen LogP contribution in [0.3, 0.4) is 0 Å². The molecule has 2 fully saturated rings. The van der Waals surface area contributed by atoms with Crippen LogP contribution in [0, 0.1) is 33.8 Å². The zero-order chi connectivity index (χ0) is 24.3. The number of nitrogens with zero attached hydrogens (tertiary/aromatic N) is 2. The lowest BCUT2D eigenvalue weighted by Crippen LogP contribution is -2.33. The Morgan fingerprint density at radius 3 is 1.80 bits per heavy atom. The van der Waals surface area contributed by atoms with Gasteiger partial charge in [0.25, 0.3) is 5.69 Å². The van der Waals surface area contributed by atoms with Crippen LogP contribution in [0.5, 0.6) is 0 Å². The minimum Gasteiger partial charge on any atom is -0.274 e. The van der Waals surface area contributed by atoms with Crippen LogP contribution in [0.15, 0.2) is 96.6 Å². The smallest absolute Gasteiger partial charge is 0.274 e. The molecule has 6 rings (SSSR count). The molecule has 1 saturated carbocycles. The van der Waals surface area contributed by atoms with E-state index in [1.54, 1.807) is 0 Å². The maximum Gasteiger partial charge on any atom is 0.294 e. The van der Waals surface area contributed by atoms with Gasteiger partial charge in [0, 0.05) is 22.9 Å². The van der Waals surface area contributed by atoms with Crippen molar-refractivity contribution in [1.82, 2.24) is 0 Å². The largest absolute Gasteiger partial charge is 0.294 e. The highest BCUT2D eigenvalue weighted by atomic mass is 35.5. The summed E-state index contributed by atoms with van der Waals surface area (Å²) in [7, 11) is 0. The number of nitro groups is 1. The molecule has 35 heavy (non-hydrogen) atoms. The number of allylic oxidation sites excluding steroid dienone is 3. The summed E-state index contributed by atoms with van der Waals surface area (Å²) in [4.78, 5) is 39.4. The first-order valence-electron chi connectivity index (χ1n) is 11.3. The van der Waals surface area contributed by atoms with Crippen LogP contribution in [0.4, 0.5) is 11.4 Å². The lowest BCUT2D eigenvalue weighted by atomic mass is 9.85. The molecule has 0 unspecified atom stereocenters. The standard InChI is InChI=1S/C28H19ClN2O4/c29-18-11-14-21(22(15-18)31(34)35)30-27(32)25-19-12-13-20(26(25)28(30)33)24(19)23(16-7-3-1-4-8-16)17-9-5-2-6-10-17/h1-15,19-20,25-26H/t19-,20-,25-,26-/m1/s1. The van der Waals surface area contributed by atoms with Gasteiger partial charge in [-0.3, -0.25) is 19.7 Å². The van der Waals surface area contributed by atoms with E-state index in [2.05, 4.69) is 0 Å². The number of carbonyl (C=O) groups excluding carboxylic acids is 2. The molecule has 0 aromatic heterocycles. The van der Waals surface area contributed by atoms with Gasteiger partial charge in [-0.25, -0.2) is 4.90 Å². The summed E-state index contributed by atoms with van der Waals surface area (Å²) in [6.45, 7) is 0. The minimum atomic E-state index is -0.614. The summed E-state index contributed by atoms with van der Waals surface area (Å²) in [6.07, 6.45) is 4.02. The van der Waals surface area contributed by atoms with Crippen molar-refractivity contribution in [3.8, 4) is 0 Å². The van der Waals surface area contributed by atoms with Crippen molar-refractivity contribution < 1.29 is 14.5 Å². The van der Waals surface area contributed by atoms with Gasteiger partial charge in [-0.1, -0.05) is 84.4 Å². The third-order valence-corrected chi connectivity index (χ3v) is 7.44. The monoisotopic (exact) mass is 482 g/mol. The van der Waals surface area contributed by atoms with Crippen molar-refractivity contribution in [2.45, 2.75) is 0 Å². The number of nitro benzene ring substituents is 1. The van der Waals surface area contributed by atoms with E-state index in [-0.39, 0.29) is 28.2 Å². The molecular formula is C28H19ClN2O4. The van der Waals surface area contributed by atoms with E-state index in [9.17, 15) is 19.7 Å². The number of benzene rings is 3. The first-order valence-corrected chi connectivity index (χ1v) is 11.7. The van der Waals surface area contributed by atoms with Crippen LogP contribution in [0.2, 0.25) is 5.02 Å². The average Bonchev–Trinajstić information content (AvgIpc) is 3.50. The van der Waals surface area contributed by atoms with E-state index < -0.39 is 28.6 Å². The van der Waals surface area contributed by atoms with Crippen LogP contribution in [-0.2, 0) is 9.59 Å². The van der Waals surface area contributed by atoms with Crippen molar-refractivity contribution in [1.29, 1.82) is 0 Å². The molecule has 172 valence electrons. The summed E-state index contributed by atoms with van der Waals surface area (Å²) >= 11 is 5.95. The Balaban J connectivity index is 1.49. The molecule has 2 bridgehead atoms. The molecule has 1 saturated heterocycles. The number of fused-ring (bicyclic) bond motifs is 5. The van der Waals surface area contributed by atoms with Crippen LogP contribution in [0.25, 0.3) is 5.57 Å². The summed E-state index contributed by atoms with van der Waals surface area (Å²) < 4.78 is 0. The van der Waals surface area contributed by atoms with Crippen LogP contribution < -0.4 is 4.90 Å². The molecule has 0 spiro atoms. The Hall–Kier alpha value is -4.03. The quantitative estimate of drug-likeness (QED) is 0.207. The molecule has 3 aromatic rings. The molecule has 7 heteroatoms. The maximum atomic E-state index is 13.7. The van der Waals surface area contributed by atoms with Gasteiger partial charge in [0.15, 0.2) is 0 Å². The highest BCUT2D eigenvalue weighted by Gasteiger charge is 2.63. The SMILES string of the molecule is O=C1[C@H]2[C@H](C(=O)N1c1ccc(Cl)cc1[N+](=O)[O-])[C@@H]1C=C[C@@H]2C1=C(c1ccccc1)c1ccccc1. The molecule has 3 aromatic carbocycles. The molecule has 6 nitrogen and oxygen atoms in total. The van der Waals surface area contributed by atoms with Crippen molar-refractivity contribution in [2.24, 2.45) is 23.7 Å². The van der Waals surface area contributed by atoms with Gasteiger partial charge in [0.2, 0.25) is 11.8 Å².